The van der Waals surface area contributed by atoms with Crippen LogP contribution in [0.15, 0.2) is 24.3 Å². The average molecular weight is 215 g/mol. The molecule has 0 fully saturated rings. The molecule has 0 radical (unpaired) electrons. The third-order valence-electron chi connectivity index (χ3n) is 2.26. The Balaban J connectivity index is 2.33. The second kappa shape index (κ2) is 3.80. The van der Waals surface area contributed by atoms with E-state index >= 15 is 0 Å². The van der Waals surface area contributed by atoms with Crippen LogP contribution in [0.25, 0.3) is 0 Å². The van der Waals surface area contributed by atoms with Crippen molar-refractivity contribution in [2.75, 3.05) is 0 Å². The fraction of sp³-hybridized carbons (Fsp3) is 0.167. The minimum absolute atomic E-state index is 0.344. The maximum Gasteiger partial charge on any atom is 0.285 e. The van der Waals surface area contributed by atoms with Crippen LogP contribution >= 0.6 is 0 Å². The van der Waals surface area contributed by atoms with E-state index in [0.29, 0.717) is 11.1 Å². The highest BCUT2D eigenvalue weighted by atomic mass is 16.7. The minimum Gasteiger partial charge on any atom is -0.266 e. The van der Waals surface area contributed by atoms with E-state index in [1.54, 1.807) is 31.2 Å². The van der Waals surface area contributed by atoms with E-state index in [4.69, 9.17) is 11.3 Å². The summed E-state index contributed by atoms with van der Waals surface area (Å²) >= 11 is 0. The number of carbonyl (C=O) groups is 2. The molecule has 1 aromatic carbocycles. The zero-order valence-electron chi connectivity index (χ0n) is 8.64. The lowest BCUT2D eigenvalue weighted by Gasteiger charge is -2.15. The number of carbonyl (C=O) groups excluding carboxylic acids is 2. The smallest absolute Gasteiger partial charge is 0.266 e. The quantitative estimate of drug-likeness (QED) is 0.550. The summed E-state index contributed by atoms with van der Waals surface area (Å²) in [6.07, 6.45) is 4.50. The zero-order chi connectivity index (χ0) is 11.7. The number of benzene rings is 1. The van der Waals surface area contributed by atoms with Gasteiger partial charge in [0.1, 0.15) is 6.10 Å². The lowest BCUT2D eigenvalue weighted by molar-refractivity contribution is -0.108. The minimum atomic E-state index is -0.623. The summed E-state index contributed by atoms with van der Waals surface area (Å²) < 4.78 is 0. The van der Waals surface area contributed by atoms with Crippen LogP contribution < -0.4 is 0 Å². The van der Waals surface area contributed by atoms with E-state index in [2.05, 4.69) is 5.92 Å². The number of hydroxylamine groups is 2. The van der Waals surface area contributed by atoms with Crippen molar-refractivity contribution in [1.29, 1.82) is 0 Å². The fourth-order valence-electron chi connectivity index (χ4n) is 1.45. The third-order valence-corrected chi connectivity index (χ3v) is 2.26. The Morgan fingerprint density at radius 2 is 1.75 bits per heavy atom. The number of hydrogen-bond acceptors (Lipinski definition) is 3. The van der Waals surface area contributed by atoms with Gasteiger partial charge in [0.05, 0.1) is 11.1 Å². The Hall–Kier alpha value is -2.12. The summed E-state index contributed by atoms with van der Waals surface area (Å²) in [6.45, 7) is 1.59. The molecule has 2 amide bonds. The van der Waals surface area contributed by atoms with Crippen LogP contribution in [0.1, 0.15) is 27.6 Å². The number of amides is 2. The van der Waals surface area contributed by atoms with Crippen molar-refractivity contribution in [3.05, 3.63) is 35.4 Å². The molecule has 0 aromatic heterocycles. The Kier molecular flexibility index (Phi) is 2.47. The van der Waals surface area contributed by atoms with Gasteiger partial charge in [-0.15, -0.1) is 11.5 Å². The Labute approximate surface area is 92.8 Å². The van der Waals surface area contributed by atoms with Gasteiger partial charge in [-0.3, -0.25) is 9.59 Å². The molecular weight excluding hydrogens is 206 g/mol. The van der Waals surface area contributed by atoms with Crippen molar-refractivity contribution < 1.29 is 14.4 Å². The highest BCUT2D eigenvalue weighted by Gasteiger charge is 2.37. The van der Waals surface area contributed by atoms with Crippen LogP contribution in [0, 0.1) is 12.3 Å². The van der Waals surface area contributed by atoms with E-state index < -0.39 is 17.9 Å². The van der Waals surface area contributed by atoms with Crippen LogP contribution in [0.5, 0.6) is 0 Å². The lowest BCUT2D eigenvalue weighted by Crippen LogP contribution is -2.33. The maximum absolute atomic E-state index is 11.8. The first kappa shape index (κ1) is 10.4. The van der Waals surface area contributed by atoms with Crippen LogP contribution in [0.2, 0.25) is 0 Å². The molecule has 0 N–H and O–H groups in total. The lowest BCUT2D eigenvalue weighted by atomic mass is 10.1. The van der Waals surface area contributed by atoms with E-state index in [9.17, 15) is 9.59 Å². The van der Waals surface area contributed by atoms with Gasteiger partial charge < -0.3 is 0 Å². The molecule has 4 heteroatoms. The molecule has 4 nitrogen and oxygen atoms in total. The molecule has 1 aliphatic heterocycles. The summed E-state index contributed by atoms with van der Waals surface area (Å²) in [7, 11) is 0. The molecule has 1 aliphatic rings. The molecule has 1 atom stereocenters. The summed E-state index contributed by atoms with van der Waals surface area (Å²) in [5, 5.41) is 0.717. The van der Waals surface area contributed by atoms with Crippen LogP contribution in [-0.4, -0.2) is 23.0 Å². The molecule has 0 saturated carbocycles. The molecular formula is C12H9NO3. The van der Waals surface area contributed by atoms with Gasteiger partial charge >= 0.3 is 0 Å². The number of fused-ring (bicyclic) bond motifs is 1. The summed E-state index contributed by atoms with van der Waals surface area (Å²) in [4.78, 5) is 28.6. The van der Waals surface area contributed by atoms with Gasteiger partial charge in [-0.25, -0.2) is 4.84 Å². The standard InChI is InChI=1S/C12H9NO3/c1-3-8(2)16-13-11(14)9-6-4-5-7-10(9)12(13)15/h1,4-8H,2H3/t8-/m0/s1. The van der Waals surface area contributed by atoms with Crippen molar-refractivity contribution in [3.8, 4) is 12.3 Å². The van der Waals surface area contributed by atoms with Gasteiger partial charge in [0.15, 0.2) is 0 Å². The maximum atomic E-state index is 11.8. The van der Waals surface area contributed by atoms with Gasteiger partial charge in [-0.2, -0.15) is 0 Å². The predicted molar refractivity (Wildman–Crippen MR) is 56.3 cm³/mol. The first-order chi connectivity index (χ1) is 7.65. The second-order valence-corrected chi connectivity index (χ2v) is 3.36. The Morgan fingerprint density at radius 1 is 1.25 bits per heavy atom. The first-order valence-electron chi connectivity index (χ1n) is 4.76. The summed E-state index contributed by atoms with van der Waals surface area (Å²) in [6, 6.07) is 6.55. The van der Waals surface area contributed by atoms with Crippen molar-refractivity contribution >= 4 is 11.8 Å². The van der Waals surface area contributed by atoms with Crippen molar-refractivity contribution in [2.45, 2.75) is 13.0 Å². The SMILES string of the molecule is C#C[C@H](C)ON1C(=O)c2ccccc2C1=O. The van der Waals surface area contributed by atoms with Gasteiger partial charge in [-0.05, 0) is 19.1 Å². The van der Waals surface area contributed by atoms with Crippen LogP contribution in [-0.2, 0) is 4.84 Å². The number of nitrogens with zero attached hydrogens (tertiary/aromatic N) is 1. The molecule has 0 bridgehead atoms. The van der Waals surface area contributed by atoms with E-state index in [1.807, 2.05) is 0 Å². The van der Waals surface area contributed by atoms with Gasteiger partial charge in [-0.1, -0.05) is 18.1 Å². The Bertz CT molecular complexity index is 466. The van der Waals surface area contributed by atoms with Gasteiger partial charge in [0, 0.05) is 0 Å². The number of terminal acetylenes is 1. The predicted octanol–water partition coefficient (Wildman–Crippen LogP) is 1.24. The normalized spacial score (nSPS) is 15.9. The molecule has 16 heavy (non-hydrogen) atoms. The summed E-state index contributed by atoms with van der Waals surface area (Å²) in [5.74, 6) is 1.35. The molecule has 1 aromatic rings. The third kappa shape index (κ3) is 1.47. The molecule has 0 saturated heterocycles. The van der Waals surface area contributed by atoms with Crippen LogP contribution in [0.4, 0.5) is 0 Å². The molecule has 0 spiro atoms. The average Bonchev–Trinajstić information content (AvgIpc) is 2.55. The highest BCUT2D eigenvalue weighted by molar-refractivity contribution is 6.20. The first-order valence-corrected chi connectivity index (χ1v) is 4.76. The number of imide groups is 1. The topological polar surface area (TPSA) is 46.6 Å². The van der Waals surface area contributed by atoms with Crippen molar-refractivity contribution in [1.82, 2.24) is 5.06 Å². The molecule has 0 aliphatic carbocycles. The van der Waals surface area contributed by atoms with Crippen molar-refractivity contribution in [3.63, 3.8) is 0 Å². The molecule has 80 valence electrons. The molecule has 1 heterocycles. The Morgan fingerprint density at radius 3 is 2.19 bits per heavy atom. The largest absolute Gasteiger partial charge is 0.285 e. The van der Waals surface area contributed by atoms with E-state index in [-0.39, 0.29) is 0 Å². The molecule has 2 rings (SSSR count). The number of hydrogen-bond donors (Lipinski definition) is 0. The number of rotatable bonds is 2. The van der Waals surface area contributed by atoms with Crippen molar-refractivity contribution in [2.24, 2.45) is 0 Å². The van der Waals surface area contributed by atoms with Gasteiger partial charge in [0.25, 0.3) is 11.8 Å². The monoisotopic (exact) mass is 215 g/mol. The van der Waals surface area contributed by atoms with E-state index in [0.717, 1.165) is 5.06 Å². The fourth-order valence-corrected chi connectivity index (χ4v) is 1.45. The summed E-state index contributed by atoms with van der Waals surface area (Å²) in [5.41, 5.74) is 0.688. The second-order valence-electron chi connectivity index (χ2n) is 3.36. The van der Waals surface area contributed by atoms with Gasteiger partial charge in [0.2, 0.25) is 0 Å². The molecule has 0 unspecified atom stereocenters. The highest BCUT2D eigenvalue weighted by Crippen LogP contribution is 2.23. The van der Waals surface area contributed by atoms with E-state index in [1.165, 1.54) is 0 Å². The van der Waals surface area contributed by atoms with Crippen LogP contribution in [0.3, 0.4) is 0 Å². The zero-order valence-corrected chi connectivity index (χ0v) is 8.64.